The third-order valence-corrected chi connectivity index (χ3v) is 6.84. The van der Waals surface area contributed by atoms with Crippen LogP contribution in [0.3, 0.4) is 0 Å². The first-order valence-electron chi connectivity index (χ1n) is 7.84. The van der Waals surface area contributed by atoms with Gasteiger partial charge in [-0.25, -0.2) is 43.9 Å². The summed E-state index contributed by atoms with van der Waals surface area (Å²) in [6, 6.07) is 0. The maximum absolute atomic E-state index is 14.2. The van der Waals surface area contributed by atoms with Crippen LogP contribution in [0.5, 0.6) is 0 Å². The Morgan fingerprint density at radius 2 is 0.647 bits per heavy atom. The molecule has 0 saturated heterocycles. The average Bonchev–Trinajstić information content (AvgIpc) is 2.71. The summed E-state index contributed by atoms with van der Waals surface area (Å²) in [6.45, 7) is 0. The third kappa shape index (κ3) is 4.16. The van der Waals surface area contributed by atoms with Crippen LogP contribution in [0.4, 0.5) is 70.2 Å². The number of hydrogen-bond acceptors (Lipinski definition) is 1. The lowest BCUT2D eigenvalue weighted by atomic mass is 10.1. The van der Waals surface area contributed by atoms with Gasteiger partial charge in [0.25, 0.3) is 0 Å². The SMILES string of the molecule is [O-]C(CP(c1c(F)c(F)c(F)c(F)c1F)c1c(F)c(F)c(F)c(F)c1F)(C(F)(F)F)C(F)(F)F. The normalized spacial score (nSPS) is 13.2. The molecule has 2 aromatic carbocycles. The van der Waals surface area contributed by atoms with E-state index >= 15 is 0 Å². The fourth-order valence-corrected chi connectivity index (χ4v) is 5.18. The van der Waals surface area contributed by atoms with Crippen molar-refractivity contribution >= 4 is 18.5 Å². The molecule has 0 unspecified atom stereocenters. The second kappa shape index (κ2) is 8.73. The quantitative estimate of drug-likeness (QED) is 0.236. The second-order valence-electron chi connectivity index (χ2n) is 6.25. The van der Waals surface area contributed by atoms with Crippen LogP contribution in [0, 0.1) is 58.2 Å². The molecule has 0 aromatic heterocycles. The van der Waals surface area contributed by atoms with Gasteiger partial charge in [0.05, 0.1) is 16.2 Å². The van der Waals surface area contributed by atoms with Crippen molar-refractivity contribution in [2.45, 2.75) is 18.0 Å². The maximum atomic E-state index is 14.2. The van der Waals surface area contributed by atoms with E-state index in [0.717, 1.165) is 0 Å². The molecule has 0 spiro atoms. The molecular formula is C16H2F16OP-. The van der Waals surface area contributed by atoms with Gasteiger partial charge in [-0.05, 0) is 14.1 Å². The molecule has 0 bridgehead atoms. The van der Waals surface area contributed by atoms with Gasteiger partial charge >= 0.3 is 12.4 Å². The Morgan fingerprint density at radius 1 is 0.441 bits per heavy atom. The molecule has 1 nitrogen and oxygen atoms in total. The van der Waals surface area contributed by atoms with Crippen molar-refractivity contribution in [2.24, 2.45) is 0 Å². The number of halogens is 16. The van der Waals surface area contributed by atoms with Crippen LogP contribution in [0.2, 0.25) is 0 Å². The lowest BCUT2D eigenvalue weighted by Gasteiger charge is -2.45. The van der Waals surface area contributed by atoms with E-state index in [0.29, 0.717) is 0 Å². The first-order valence-corrected chi connectivity index (χ1v) is 9.37. The molecule has 0 radical (unpaired) electrons. The number of alkyl halides is 6. The van der Waals surface area contributed by atoms with E-state index in [-0.39, 0.29) is 0 Å². The van der Waals surface area contributed by atoms with E-state index in [1.807, 2.05) is 0 Å². The smallest absolute Gasteiger partial charge is 0.388 e. The topological polar surface area (TPSA) is 23.1 Å². The van der Waals surface area contributed by atoms with Crippen molar-refractivity contribution in [1.29, 1.82) is 0 Å². The van der Waals surface area contributed by atoms with Crippen molar-refractivity contribution < 1.29 is 75.4 Å². The summed E-state index contributed by atoms with van der Waals surface area (Å²) in [5.41, 5.74) is -6.42. The van der Waals surface area contributed by atoms with E-state index in [1.54, 1.807) is 0 Å². The molecule has 0 aliphatic heterocycles. The average molecular weight is 545 g/mol. The summed E-state index contributed by atoms with van der Waals surface area (Å²) in [5.74, 6) is -31.4. The molecule has 2 aromatic rings. The van der Waals surface area contributed by atoms with Crippen LogP contribution in [-0.2, 0) is 0 Å². The molecule has 0 amide bonds. The minimum absolute atomic E-state index is 2.82. The van der Waals surface area contributed by atoms with Gasteiger partial charge < -0.3 is 5.11 Å². The van der Waals surface area contributed by atoms with Crippen LogP contribution in [0.1, 0.15) is 0 Å². The summed E-state index contributed by atoms with van der Waals surface area (Å²) in [5, 5.41) is 6.14. The Labute approximate surface area is 177 Å². The molecular weight excluding hydrogens is 543 g/mol. The standard InChI is InChI=1S/C16H2F16OP/c17-2-4(19)8(23)12(9(24)5(2)20)34(1-14(33,15(27,28)29)16(30,31)32)13-10(25)6(21)3(18)7(22)11(13)26/h1H2/q-1. The molecule has 0 heterocycles. The van der Waals surface area contributed by atoms with E-state index in [2.05, 4.69) is 0 Å². The Bertz CT molecular complexity index is 996. The van der Waals surface area contributed by atoms with Crippen molar-refractivity contribution in [3.63, 3.8) is 0 Å². The highest BCUT2D eigenvalue weighted by atomic mass is 31.1. The second-order valence-corrected chi connectivity index (χ2v) is 8.31. The molecule has 34 heavy (non-hydrogen) atoms. The van der Waals surface area contributed by atoms with Gasteiger partial charge in [-0.2, -0.15) is 26.3 Å². The monoisotopic (exact) mass is 545 g/mol. The van der Waals surface area contributed by atoms with E-state index < -0.39 is 101 Å². The number of rotatable bonds is 4. The zero-order valence-electron chi connectivity index (χ0n) is 15.1. The maximum Gasteiger partial charge on any atom is 0.388 e. The number of hydrogen-bond donors (Lipinski definition) is 0. The highest BCUT2D eigenvalue weighted by Gasteiger charge is 2.63. The minimum atomic E-state index is -7.00. The fourth-order valence-electron chi connectivity index (χ4n) is 2.49. The molecule has 2 rings (SSSR count). The van der Waals surface area contributed by atoms with E-state index in [4.69, 9.17) is 0 Å². The molecule has 0 N–H and O–H groups in total. The van der Waals surface area contributed by atoms with Crippen LogP contribution >= 0.6 is 7.92 Å². The molecule has 18 heteroatoms. The van der Waals surface area contributed by atoms with Gasteiger partial charge in [0.1, 0.15) is 0 Å². The Kier molecular flexibility index (Phi) is 7.18. The predicted octanol–water partition coefficient (Wildman–Crippen LogP) is 4.73. The zero-order valence-corrected chi connectivity index (χ0v) is 16.0. The first kappa shape index (κ1) is 28.0. The Hall–Kier alpha value is -2.29. The summed E-state index contributed by atoms with van der Waals surface area (Å²) in [7, 11) is -5.09. The van der Waals surface area contributed by atoms with Crippen molar-refractivity contribution in [2.75, 3.05) is 6.16 Å². The summed E-state index contributed by atoms with van der Waals surface area (Å²) in [6.07, 6.45) is -17.5. The van der Waals surface area contributed by atoms with Gasteiger partial charge in [-0.1, -0.05) is 0 Å². The summed E-state index contributed by atoms with van der Waals surface area (Å²) < 4.78 is 216. The molecule has 0 aliphatic carbocycles. The highest BCUT2D eigenvalue weighted by Crippen LogP contribution is 2.50. The third-order valence-electron chi connectivity index (χ3n) is 4.21. The van der Waals surface area contributed by atoms with Crippen molar-refractivity contribution in [1.82, 2.24) is 0 Å². The summed E-state index contributed by atoms with van der Waals surface area (Å²) >= 11 is 0. The van der Waals surface area contributed by atoms with Gasteiger partial charge in [-0.3, -0.25) is 0 Å². The van der Waals surface area contributed by atoms with Gasteiger partial charge in [-0.15, -0.1) is 0 Å². The fraction of sp³-hybridized carbons (Fsp3) is 0.250. The molecule has 0 saturated carbocycles. The Morgan fingerprint density at radius 3 is 0.853 bits per heavy atom. The van der Waals surface area contributed by atoms with Crippen LogP contribution in [0.15, 0.2) is 0 Å². The molecule has 0 aliphatic rings. The van der Waals surface area contributed by atoms with Gasteiger partial charge in [0, 0.05) is 0 Å². The summed E-state index contributed by atoms with van der Waals surface area (Å²) in [4.78, 5) is 0. The van der Waals surface area contributed by atoms with Gasteiger partial charge in [0.2, 0.25) is 11.6 Å². The minimum Gasteiger partial charge on any atom is -0.836 e. The van der Waals surface area contributed by atoms with Crippen LogP contribution in [-0.4, -0.2) is 24.1 Å². The predicted molar refractivity (Wildman–Crippen MR) is 78.4 cm³/mol. The largest absolute Gasteiger partial charge is 0.836 e. The first-order chi connectivity index (χ1) is 15.2. The van der Waals surface area contributed by atoms with E-state index in [1.165, 1.54) is 0 Å². The highest BCUT2D eigenvalue weighted by molar-refractivity contribution is 7.73. The number of benzene rings is 2. The van der Waals surface area contributed by atoms with Crippen molar-refractivity contribution in [3.05, 3.63) is 58.2 Å². The molecule has 0 fully saturated rings. The molecule has 0 atom stereocenters. The van der Waals surface area contributed by atoms with E-state index in [9.17, 15) is 75.4 Å². The van der Waals surface area contributed by atoms with Crippen molar-refractivity contribution in [3.8, 4) is 0 Å². The lowest BCUT2D eigenvalue weighted by Crippen LogP contribution is -2.68. The molecule has 190 valence electrons. The van der Waals surface area contributed by atoms with Crippen LogP contribution < -0.4 is 15.7 Å². The lowest BCUT2D eigenvalue weighted by molar-refractivity contribution is -0.585. The Balaban J connectivity index is 3.10. The van der Waals surface area contributed by atoms with Crippen LogP contribution in [0.25, 0.3) is 0 Å². The zero-order chi connectivity index (χ0) is 26.7. The van der Waals surface area contributed by atoms with Gasteiger partial charge in [0.15, 0.2) is 46.5 Å².